The van der Waals surface area contributed by atoms with Crippen LogP contribution < -0.4 is 10.2 Å². The molecule has 0 spiro atoms. The number of hydrogen-bond acceptors (Lipinski definition) is 2. The lowest BCUT2D eigenvalue weighted by atomic mass is 9.97. The van der Waals surface area contributed by atoms with Crippen LogP contribution in [0.1, 0.15) is 44.7 Å². The van der Waals surface area contributed by atoms with Crippen LogP contribution in [-0.4, -0.2) is 43.2 Å². The van der Waals surface area contributed by atoms with Crippen LogP contribution >= 0.6 is 0 Å². The summed E-state index contributed by atoms with van der Waals surface area (Å²) in [7, 11) is 0. The lowest BCUT2D eigenvalue weighted by molar-refractivity contribution is 0.192. The second kappa shape index (κ2) is 7.03. The first kappa shape index (κ1) is 16.7. The molecule has 122 valence electrons. The highest BCUT2D eigenvalue weighted by atomic mass is 16.2. The number of amides is 2. The van der Waals surface area contributed by atoms with Gasteiger partial charge in [0.1, 0.15) is 0 Å². The Kier molecular flexibility index (Phi) is 5.33. The third-order valence-electron chi connectivity index (χ3n) is 4.19. The summed E-state index contributed by atoms with van der Waals surface area (Å²) in [5, 5.41) is 2.98. The number of benzene rings is 1. The van der Waals surface area contributed by atoms with Crippen LogP contribution in [0.4, 0.5) is 10.5 Å². The van der Waals surface area contributed by atoms with Gasteiger partial charge >= 0.3 is 6.03 Å². The van der Waals surface area contributed by atoms with E-state index >= 15 is 0 Å². The van der Waals surface area contributed by atoms with E-state index in [0.29, 0.717) is 5.92 Å². The zero-order valence-corrected chi connectivity index (χ0v) is 14.5. The third-order valence-corrected chi connectivity index (χ3v) is 4.19. The molecule has 1 saturated heterocycles. The maximum Gasteiger partial charge on any atom is 0.317 e. The molecule has 1 N–H and O–H groups in total. The summed E-state index contributed by atoms with van der Waals surface area (Å²) in [6.45, 7) is 14.0. The smallest absolute Gasteiger partial charge is 0.317 e. The number of urea groups is 1. The van der Waals surface area contributed by atoms with Crippen LogP contribution in [-0.2, 0) is 0 Å². The number of rotatable bonds is 3. The van der Waals surface area contributed by atoms with E-state index in [1.165, 1.54) is 16.8 Å². The summed E-state index contributed by atoms with van der Waals surface area (Å²) in [6.07, 6.45) is 0. The molecule has 2 amide bonds. The van der Waals surface area contributed by atoms with Gasteiger partial charge in [0.15, 0.2) is 0 Å². The molecule has 2 rings (SSSR count). The standard InChI is InChI=1S/C18H29N3O/c1-13(2)16-8-6-7-15(5)17(16)20-9-11-21(12-10-20)18(22)19-14(3)4/h6-8,13-14H,9-12H2,1-5H3,(H,19,22). The van der Waals surface area contributed by atoms with Crippen LogP contribution in [0.2, 0.25) is 0 Å². The van der Waals surface area contributed by atoms with Crippen molar-refractivity contribution >= 4 is 11.7 Å². The van der Waals surface area contributed by atoms with Crippen LogP contribution in [0.3, 0.4) is 0 Å². The van der Waals surface area contributed by atoms with Gasteiger partial charge in [-0.25, -0.2) is 4.79 Å². The van der Waals surface area contributed by atoms with Crippen LogP contribution in [0.25, 0.3) is 0 Å². The van der Waals surface area contributed by atoms with E-state index in [1.807, 2.05) is 18.7 Å². The van der Waals surface area contributed by atoms with E-state index in [1.54, 1.807) is 0 Å². The average molecular weight is 303 g/mol. The molecular formula is C18H29N3O. The number of piperazine rings is 1. The van der Waals surface area contributed by atoms with Crippen molar-refractivity contribution in [1.29, 1.82) is 0 Å². The lowest BCUT2D eigenvalue weighted by Crippen LogP contribution is -2.53. The number of carbonyl (C=O) groups is 1. The molecule has 22 heavy (non-hydrogen) atoms. The molecule has 4 heteroatoms. The quantitative estimate of drug-likeness (QED) is 0.929. The summed E-state index contributed by atoms with van der Waals surface area (Å²) < 4.78 is 0. The summed E-state index contributed by atoms with van der Waals surface area (Å²) in [5.41, 5.74) is 4.09. The van der Waals surface area contributed by atoms with E-state index < -0.39 is 0 Å². The molecule has 0 atom stereocenters. The Morgan fingerprint density at radius 3 is 2.27 bits per heavy atom. The van der Waals surface area contributed by atoms with Crippen molar-refractivity contribution in [3.8, 4) is 0 Å². The molecule has 0 aliphatic carbocycles. The Morgan fingerprint density at radius 1 is 1.09 bits per heavy atom. The number of carbonyl (C=O) groups excluding carboxylic acids is 1. The molecule has 1 aromatic carbocycles. The van der Waals surface area contributed by atoms with Crippen LogP contribution in [0.5, 0.6) is 0 Å². The largest absolute Gasteiger partial charge is 0.368 e. The summed E-state index contributed by atoms with van der Waals surface area (Å²) in [5.74, 6) is 0.511. The predicted molar refractivity (Wildman–Crippen MR) is 92.7 cm³/mol. The Bertz CT molecular complexity index is 517. The molecule has 4 nitrogen and oxygen atoms in total. The number of para-hydroxylation sites is 1. The fraction of sp³-hybridized carbons (Fsp3) is 0.611. The zero-order chi connectivity index (χ0) is 16.3. The highest BCUT2D eigenvalue weighted by Crippen LogP contribution is 2.31. The molecule has 0 aromatic heterocycles. The minimum absolute atomic E-state index is 0.0588. The topological polar surface area (TPSA) is 35.6 Å². The van der Waals surface area contributed by atoms with Crippen molar-refractivity contribution in [3.63, 3.8) is 0 Å². The lowest BCUT2D eigenvalue weighted by Gasteiger charge is -2.38. The number of aryl methyl sites for hydroxylation is 1. The van der Waals surface area contributed by atoms with Gasteiger partial charge in [-0.2, -0.15) is 0 Å². The third kappa shape index (κ3) is 3.73. The highest BCUT2D eigenvalue weighted by molar-refractivity contribution is 5.75. The molecule has 0 bridgehead atoms. The van der Waals surface area contributed by atoms with Gasteiger partial charge in [0.2, 0.25) is 0 Å². The van der Waals surface area contributed by atoms with Gasteiger partial charge < -0.3 is 15.1 Å². The van der Waals surface area contributed by atoms with Crippen molar-refractivity contribution in [2.75, 3.05) is 31.1 Å². The first-order valence-corrected chi connectivity index (χ1v) is 8.30. The van der Waals surface area contributed by atoms with Crippen LogP contribution in [0, 0.1) is 6.92 Å². The molecule has 1 aliphatic rings. The highest BCUT2D eigenvalue weighted by Gasteiger charge is 2.24. The minimum Gasteiger partial charge on any atom is -0.368 e. The summed E-state index contributed by atoms with van der Waals surface area (Å²) in [4.78, 5) is 16.4. The molecule has 1 heterocycles. The van der Waals surface area contributed by atoms with Crippen molar-refractivity contribution in [3.05, 3.63) is 29.3 Å². The molecule has 1 aliphatic heterocycles. The average Bonchev–Trinajstić information content (AvgIpc) is 2.46. The van der Waals surface area contributed by atoms with E-state index in [9.17, 15) is 4.79 Å². The molecule has 0 radical (unpaired) electrons. The monoisotopic (exact) mass is 303 g/mol. The first-order valence-electron chi connectivity index (χ1n) is 8.30. The molecular weight excluding hydrogens is 274 g/mol. The Balaban J connectivity index is 2.08. The van der Waals surface area contributed by atoms with E-state index in [2.05, 4.69) is 49.2 Å². The van der Waals surface area contributed by atoms with E-state index in [-0.39, 0.29) is 12.1 Å². The predicted octanol–water partition coefficient (Wildman–Crippen LogP) is 3.36. The molecule has 0 unspecified atom stereocenters. The second-order valence-electron chi connectivity index (χ2n) is 6.75. The van der Waals surface area contributed by atoms with Crippen molar-refractivity contribution in [2.24, 2.45) is 0 Å². The maximum atomic E-state index is 12.1. The van der Waals surface area contributed by atoms with Gasteiger partial charge in [-0.15, -0.1) is 0 Å². The van der Waals surface area contributed by atoms with Gasteiger partial charge in [0, 0.05) is 37.9 Å². The maximum absolute atomic E-state index is 12.1. The van der Waals surface area contributed by atoms with Gasteiger partial charge in [-0.05, 0) is 37.8 Å². The molecule has 0 saturated carbocycles. The second-order valence-corrected chi connectivity index (χ2v) is 6.75. The van der Waals surface area contributed by atoms with E-state index in [0.717, 1.165) is 26.2 Å². The summed E-state index contributed by atoms with van der Waals surface area (Å²) >= 11 is 0. The zero-order valence-electron chi connectivity index (χ0n) is 14.5. The first-order chi connectivity index (χ1) is 10.4. The van der Waals surface area contributed by atoms with Crippen LogP contribution in [0.15, 0.2) is 18.2 Å². The Labute approximate surface area is 134 Å². The van der Waals surface area contributed by atoms with Gasteiger partial charge in [0.25, 0.3) is 0 Å². The van der Waals surface area contributed by atoms with Crippen molar-refractivity contribution in [1.82, 2.24) is 10.2 Å². The van der Waals surface area contributed by atoms with Gasteiger partial charge in [-0.1, -0.05) is 32.0 Å². The number of anilines is 1. The minimum atomic E-state index is 0.0588. The number of hydrogen-bond donors (Lipinski definition) is 1. The SMILES string of the molecule is Cc1cccc(C(C)C)c1N1CCN(C(=O)NC(C)C)CC1. The number of nitrogens with zero attached hydrogens (tertiary/aromatic N) is 2. The fourth-order valence-electron chi connectivity index (χ4n) is 3.05. The fourth-order valence-corrected chi connectivity index (χ4v) is 3.05. The van der Waals surface area contributed by atoms with E-state index in [4.69, 9.17) is 0 Å². The Hall–Kier alpha value is -1.71. The Morgan fingerprint density at radius 2 is 1.73 bits per heavy atom. The molecule has 1 fully saturated rings. The summed E-state index contributed by atoms with van der Waals surface area (Å²) in [6, 6.07) is 6.79. The number of nitrogens with one attached hydrogen (secondary N) is 1. The van der Waals surface area contributed by atoms with Crippen molar-refractivity contribution in [2.45, 2.75) is 46.6 Å². The van der Waals surface area contributed by atoms with Crippen molar-refractivity contribution < 1.29 is 4.79 Å². The van der Waals surface area contributed by atoms with Gasteiger partial charge in [-0.3, -0.25) is 0 Å². The van der Waals surface area contributed by atoms with Gasteiger partial charge in [0.05, 0.1) is 0 Å². The normalized spacial score (nSPS) is 15.6. The molecule has 1 aromatic rings.